The minimum atomic E-state index is -0.572. The van der Waals surface area contributed by atoms with Crippen molar-refractivity contribution in [3.05, 3.63) is 58.1 Å². The summed E-state index contributed by atoms with van der Waals surface area (Å²) in [4.78, 5) is 38.2. The molecule has 1 heterocycles. The first-order valence-corrected chi connectivity index (χ1v) is 9.73. The van der Waals surface area contributed by atoms with Gasteiger partial charge in [0.25, 0.3) is 5.91 Å². The summed E-state index contributed by atoms with van der Waals surface area (Å²) in [6.07, 6.45) is 0.0837. The first-order chi connectivity index (χ1) is 13.3. The van der Waals surface area contributed by atoms with Crippen LogP contribution in [0.1, 0.15) is 17.5 Å². The van der Waals surface area contributed by atoms with Crippen LogP contribution < -0.4 is 10.2 Å². The van der Waals surface area contributed by atoms with Gasteiger partial charge in [0, 0.05) is 28.8 Å². The standard InChI is InChI=1S/C21H21BrN2O4/c1-13-9-18(14(2)8-17(13)22)23-19(25)12-28-21(27)15-10-20(26)24(11-15)16-6-4-3-5-7-16/h3-9,15H,10-12H2,1-2H3,(H,23,25)/t15-/m1/s1. The van der Waals surface area contributed by atoms with Gasteiger partial charge < -0.3 is 15.0 Å². The van der Waals surface area contributed by atoms with Crippen LogP contribution in [0.15, 0.2) is 46.9 Å². The van der Waals surface area contributed by atoms with Crippen molar-refractivity contribution in [2.75, 3.05) is 23.4 Å². The van der Waals surface area contributed by atoms with E-state index >= 15 is 0 Å². The number of benzene rings is 2. The van der Waals surface area contributed by atoms with Crippen LogP contribution >= 0.6 is 15.9 Å². The second-order valence-corrected chi connectivity index (χ2v) is 7.67. The molecule has 0 aromatic heterocycles. The molecule has 1 fully saturated rings. The van der Waals surface area contributed by atoms with Crippen LogP contribution in [0.4, 0.5) is 11.4 Å². The summed E-state index contributed by atoms with van der Waals surface area (Å²) in [6, 6.07) is 13.0. The third-order valence-electron chi connectivity index (χ3n) is 4.65. The maximum Gasteiger partial charge on any atom is 0.311 e. The molecule has 1 aliphatic rings. The van der Waals surface area contributed by atoms with Gasteiger partial charge in [0.15, 0.2) is 6.61 Å². The molecule has 1 N–H and O–H groups in total. The van der Waals surface area contributed by atoms with Crippen LogP contribution in [-0.2, 0) is 19.1 Å². The summed E-state index contributed by atoms with van der Waals surface area (Å²) in [7, 11) is 0. The minimum absolute atomic E-state index is 0.0837. The number of carbonyl (C=O) groups excluding carboxylic acids is 3. The first-order valence-electron chi connectivity index (χ1n) is 8.94. The Labute approximate surface area is 172 Å². The van der Waals surface area contributed by atoms with Crippen LogP contribution in [0.3, 0.4) is 0 Å². The first kappa shape index (κ1) is 20.1. The highest BCUT2D eigenvalue weighted by atomic mass is 79.9. The summed E-state index contributed by atoms with van der Waals surface area (Å²) < 4.78 is 6.11. The van der Waals surface area contributed by atoms with E-state index in [4.69, 9.17) is 4.74 Å². The third-order valence-corrected chi connectivity index (χ3v) is 5.51. The molecule has 146 valence electrons. The van der Waals surface area contributed by atoms with E-state index in [2.05, 4.69) is 21.2 Å². The predicted molar refractivity (Wildman–Crippen MR) is 110 cm³/mol. The van der Waals surface area contributed by atoms with Crippen molar-refractivity contribution in [2.45, 2.75) is 20.3 Å². The molecule has 0 aliphatic carbocycles. The highest BCUT2D eigenvalue weighted by molar-refractivity contribution is 9.10. The number of ether oxygens (including phenoxy) is 1. The molecule has 3 rings (SSSR count). The maximum atomic E-state index is 12.3. The lowest BCUT2D eigenvalue weighted by molar-refractivity contribution is -0.151. The molecule has 2 aromatic rings. The molecule has 28 heavy (non-hydrogen) atoms. The number of halogens is 1. The molecular weight excluding hydrogens is 424 g/mol. The number of nitrogens with zero attached hydrogens (tertiary/aromatic N) is 1. The van der Waals surface area contributed by atoms with E-state index in [9.17, 15) is 14.4 Å². The Morgan fingerprint density at radius 1 is 1.18 bits per heavy atom. The fourth-order valence-corrected chi connectivity index (χ4v) is 3.54. The average molecular weight is 445 g/mol. The van der Waals surface area contributed by atoms with E-state index in [-0.39, 0.29) is 25.5 Å². The molecule has 0 spiro atoms. The van der Waals surface area contributed by atoms with Crippen LogP contribution in [-0.4, -0.2) is 30.9 Å². The molecule has 0 radical (unpaired) electrons. The van der Waals surface area contributed by atoms with Gasteiger partial charge in [0.1, 0.15) is 0 Å². The Morgan fingerprint density at radius 3 is 2.61 bits per heavy atom. The Hall–Kier alpha value is -2.67. The minimum Gasteiger partial charge on any atom is -0.455 e. The van der Waals surface area contributed by atoms with Gasteiger partial charge in [0.05, 0.1) is 5.92 Å². The molecule has 2 aromatic carbocycles. The fraction of sp³-hybridized carbons (Fsp3) is 0.286. The van der Waals surface area contributed by atoms with Gasteiger partial charge in [-0.25, -0.2) is 0 Å². The van der Waals surface area contributed by atoms with Crippen LogP contribution in [0, 0.1) is 19.8 Å². The quantitative estimate of drug-likeness (QED) is 0.714. The van der Waals surface area contributed by atoms with Crippen molar-refractivity contribution in [1.82, 2.24) is 0 Å². The number of carbonyl (C=O) groups is 3. The zero-order valence-electron chi connectivity index (χ0n) is 15.7. The molecule has 6 nitrogen and oxygen atoms in total. The monoisotopic (exact) mass is 444 g/mol. The van der Waals surface area contributed by atoms with Crippen LogP contribution in [0.25, 0.3) is 0 Å². The highest BCUT2D eigenvalue weighted by Gasteiger charge is 2.36. The lowest BCUT2D eigenvalue weighted by Gasteiger charge is -2.16. The number of rotatable bonds is 5. The van der Waals surface area contributed by atoms with E-state index in [0.29, 0.717) is 5.69 Å². The van der Waals surface area contributed by atoms with Crippen molar-refractivity contribution in [3.63, 3.8) is 0 Å². The Kier molecular flexibility index (Phi) is 6.14. The Balaban J connectivity index is 1.54. The molecule has 0 bridgehead atoms. The van der Waals surface area contributed by atoms with E-state index in [1.807, 2.05) is 56.3 Å². The predicted octanol–water partition coefficient (Wildman–Crippen LogP) is 3.60. The van der Waals surface area contributed by atoms with Crippen LogP contribution in [0.5, 0.6) is 0 Å². The van der Waals surface area contributed by atoms with E-state index < -0.39 is 17.8 Å². The second-order valence-electron chi connectivity index (χ2n) is 6.81. The number of para-hydroxylation sites is 1. The lowest BCUT2D eigenvalue weighted by Crippen LogP contribution is -2.28. The molecule has 0 unspecified atom stereocenters. The number of aryl methyl sites for hydroxylation is 2. The average Bonchev–Trinajstić information content (AvgIpc) is 3.06. The number of hydrogen-bond donors (Lipinski definition) is 1. The number of amides is 2. The van der Waals surface area contributed by atoms with E-state index in [1.165, 1.54) is 0 Å². The molecule has 1 atom stereocenters. The molecule has 1 aliphatic heterocycles. The molecular formula is C21H21BrN2O4. The van der Waals surface area contributed by atoms with Crippen molar-refractivity contribution in [3.8, 4) is 0 Å². The highest BCUT2D eigenvalue weighted by Crippen LogP contribution is 2.26. The number of nitrogens with one attached hydrogen (secondary N) is 1. The number of hydrogen-bond acceptors (Lipinski definition) is 4. The van der Waals surface area contributed by atoms with Crippen molar-refractivity contribution >= 4 is 45.1 Å². The van der Waals surface area contributed by atoms with Gasteiger partial charge in [-0.2, -0.15) is 0 Å². The molecule has 0 saturated carbocycles. The smallest absolute Gasteiger partial charge is 0.311 e. The summed E-state index contributed by atoms with van der Waals surface area (Å²) in [5.74, 6) is -1.65. The van der Waals surface area contributed by atoms with Gasteiger partial charge in [-0.1, -0.05) is 34.1 Å². The zero-order chi connectivity index (χ0) is 20.3. The SMILES string of the molecule is Cc1cc(NC(=O)COC(=O)[C@@H]2CC(=O)N(c3ccccc3)C2)c(C)cc1Br. The number of esters is 1. The van der Waals surface area contributed by atoms with Gasteiger partial charge in [0.2, 0.25) is 5.91 Å². The Bertz CT molecular complexity index is 914. The van der Waals surface area contributed by atoms with Gasteiger partial charge in [-0.3, -0.25) is 14.4 Å². The second kappa shape index (κ2) is 8.56. The van der Waals surface area contributed by atoms with Crippen LogP contribution in [0.2, 0.25) is 0 Å². The lowest BCUT2D eigenvalue weighted by atomic mass is 10.1. The van der Waals surface area contributed by atoms with Gasteiger partial charge in [-0.15, -0.1) is 0 Å². The zero-order valence-corrected chi connectivity index (χ0v) is 17.3. The van der Waals surface area contributed by atoms with Gasteiger partial charge >= 0.3 is 5.97 Å². The topological polar surface area (TPSA) is 75.7 Å². The van der Waals surface area contributed by atoms with Crippen molar-refractivity contribution < 1.29 is 19.1 Å². The summed E-state index contributed by atoms with van der Waals surface area (Å²) >= 11 is 3.45. The maximum absolute atomic E-state index is 12.3. The molecule has 1 saturated heterocycles. The molecule has 2 amide bonds. The summed E-state index contributed by atoms with van der Waals surface area (Å²) in [5.41, 5.74) is 3.31. The van der Waals surface area contributed by atoms with Gasteiger partial charge in [-0.05, 0) is 49.2 Å². The largest absolute Gasteiger partial charge is 0.455 e. The van der Waals surface area contributed by atoms with E-state index in [1.54, 1.807) is 4.90 Å². The van der Waals surface area contributed by atoms with Crippen molar-refractivity contribution in [2.24, 2.45) is 5.92 Å². The summed E-state index contributed by atoms with van der Waals surface area (Å²) in [5, 5.41) is 2.75. The van der Waals surface area contributed by atoms with E-state index in [0.717, 1.165) is 21.3 Å². The normalized spacial score (nSPS) is 16.2. The molecule has 7 heteroatoms. The van der Waals surface area contributed by atoms with Crippen molar-refractivity contribution in [1.29, 1.82) is 0 Å². The Morgan fingerprint density at radius 2 is 1.89 bits per heavy atom. The summed E-state index contributed by atoms with van der Waals surface area (Å²) in [6.45, 7) is 3.68. The fourth-order valence-electron chi connectivity index (χ4n) is 3.08. The third kappa shape index (κ3) is 4.59. The number of anilines is 2.